The molecular formula is C31H36F2O2. The van der Waals surface area contributed by atoms with E-state index in [2.05, 4.69) is 45.0 Å². The first kappa shape index (κ1) is 24.4. The fourth-order valence-corrected chi connectivity index (χ4v) is 7.81. The number of rotatable bonds is 2. The highest BCUT2D eigenvalue weighted by Gasteiger charge is 2.71. The summed E-state index contributed by atoms with van der Waals surface area (Å²) >= 11 is 0. The van der Waals surface area contributed by atoms with Crippen LogP contribution in [0.2, 0.25) is 0 Å². The average Bonchev–Trinajstić information content (AvgIpc) is 3.09. The van der Waals surface area contributed by atoms with Crippen molar-refractivity contribution in [3.8, 4) is 12.3 Å². The number of carbonyl (C=O) groups excluding carboxylic acids is 1. The maximum atomic E-state index is 15.2. The summed E-state index contributed by atoms with van der Waals surface area (Å²) in [6.07, 6.45) is 10.9. The van der Waals surface area contributed by atoms with Gasteiger partial charge in [0.05, 0.1) is 0 Å². The van der Waals surface area contributed by atoms with Gasteiger partial charge in [0.1, 0.15) is 5.60 Å². The standard InChI is InChI=1S/C31H36F2O2/c1-6-31(32,33)30(35)16-15-26-24-13-9-20-17-22(34)12-14-23(20)27(24)25(18-29(26,30)5)19-7-10-21(11-8-19)28(2,3)4/h1,7-8,10-11,17,24-26,35H,9,12-16,18H2,2-5H3/t24?,25?,26?,29-,30-/m0/s1. The van der Waals surface area contributed by atoms with Crippen molar-refractivity contribution in [1.29, 1.82) is 0 Å². The molecule has 0 saturated heterocycles. The molecule has 2 fully saturated rings. The summed E-state index contributed by atoms with van der Waals surface area (Å²) in [4.78, 5) is 12.2. The number of benzene rings is 1. The molecule has 0 radical (unpaired) electrons. The van der Waals surface area contributed by atoms with E-state index >= 15 is 8.78 Å². The smallest absolute Gasteiger partial charge is 0.336 e. The van der Waals surface area contributed by atoms with E-state index in [0.717, 1.165) is 30.4 Å². The Morgan fingerprint density at radius 2 is 1.77 bits per heavy atom. The first-order valence-electron chi connectivity index (χ1n) is 13.0. The summed E-state index contributed by atoms with van der Waals surface area (Å²) in [7, 11) is 0. The molecule has 1 aromatic carbocycles. The van der Waals surface area contributed by atoms with Crippen LogP contribution in [0.5, 0.6) is 0 Å². The molecule has 4 aliphatic rings. The second-order valence-corrected chi connectivity index (χ2v) is 12.5. The van der Waals surface area contributed by atoms with Crippen LogP contribution >= 0.6 is 0 Å². The zero-order chi connectivity index (χ0) is 25.4. The Hall–Kier alpha value is -2.25. The number of ketones is 1. The quantitative estimate of drug-likeness (QED) is 0.470. The van der Waals surface area contributed by atoms with Gasteiger partial charge < -0.3 is 5.11 Å². The molecule has 3 unspecified atom stereocenters. The van der Waals surface area contributed by atoms with Gasteiger partial charge in [0, 0.05) is 17.8 Å². The Balaban J connectivity index is 1.68. The number of terminal acetylenes is 1. The van der Waals surface area contributed by atoms with E-state index in [9.17, 15) is 9.90 Å². The van der Waals surface area contributed by atoms with E-state index in [4.69, 9.17) is 6.42 Å². The van der Waals surface area contributed by atoms with Crippen LogP contribution in [0.25, 0.3) is 0 Å². The molecule has 0 aliphatic heterocycles. The molecule has 1 aromatic rings. The lowest BCUT2D eigenvalue weighted by Crippen LogP contribution is -2.60. The van der Waals surface area contributed by atoms with Gasteiger partial charge in [0.2, 0.25) is 0 Å². The van der Waals surface area contributed by atoms with Crippen molar-refractivity contribution < 1.29 is 18.7 Å². The molecule has 4 heteroatoms. The van der Waals surface area contributed by atoms with E-state index in [1.165, 1.54) is 16.7 Å². The lowest BCUT2D eigenvalue weighted by atomic mass is 9.50. The molecule has 0 spiro atoms. The molecule has 0 aromatic heterocycles. The highest BCUT2D eigenvalue weighted by Crippen LogP contribution is 2.69. The lowest BCUT2D eigenvalue weighted by molar-refractivity contribution is -0.209. The Kier molecular flexibility index (Phi) is 5.50. The molecular weight excluding hydrogens is 442 g/mol. The van der Waals surface area contributed by atoms with Gasteiger partial charge in [-0.15, -0.1) is 6.42 Å². The van der Waals surface area contributed by atoms with E-state index in [1.54, 1.807) is 5.92 Å². The second kappa shape index (κ2) is 7.87. The third kappa shape index (κ3) is 3.49. The number of aliphatic hydroxyl groups is 1. The summed E-state index contributed by atoms with van der Waals surface area (Å²) in [5.41, 5.74) is 2.84. The normalized spacial score (nSPS) is 35.1. The first-order chi connectivity index (χ1) is 16.3. The Morgan fingerprint density at radius 1 is 1.09 bits per heavy atom. The van der Waals surface area contributed by atoms with Gasteiger partial charge in [0.15, 0.2) is 5.78 Å². The average molecular weight is 479 g/mol. The number of hydrogen-bond donors (Lipinski definition) is 1. The Labute approximate surface area is 207 Å². The minimum atomic E-state index is -3.58. The molecule has 0 bridgehead atoms. The highest BCUT2D eigenvalue weighted by molar-refractivity contribution is 5.93. The van der Waals surface area contributed by atoms with Crippen molar-refractivity contribution in [2.24, 2.45) is 17.3 Å². The van der Waals surface area contributed by atoms with Crippen LogP contribution in [0.4, 0.5) is 8.78 Å². The summed E-state index contributed by atoms with van der Waals surface area (Å²) in [6, 6.07) is 8.56. The van der Waals surface area contributed by atoms with Crippen molar-refractivity contribution in [3.63, 3.8) is 0 Å². The summed E-state index contributed by atoms with van der Waals surface area (Å²) in [5.74, 6) is -1.79. The third-order valence-electron chi connectivity index (χ3n) is 9.77. The lowest BCUT2D eigenvalue weighted by Gasteiger charge is -2.55. The SMILES string of the molecule is C#CC(F)(F)[C@]1(O)CCC2C3CCC4=CC(=O)CCC4=C3C(c3ccc(C(C)(C)C)cc3)C[C@@]21C. The largest absolute Gasteiger partial charge is 0.382 e. The van der Waals surface area contributed by atoms with Crippen molar-refractivity contribution in [3.05, 3.63) is 58.2 Å². The maximum absolute atomic E-state index is 15.2. The van der Waals surface area contributed by atoms with Crippen molar-refractivity contribution in [2.75, 3.05) is 0 Å². The highest BCUT2D eigenvalue weighted by atomic mass is 19.3. The van der Waals surface area contributed by atoms with Gasteiger partial charge in [-0.25, -0.2) is 0 Å². The van der Waals surface area contributed by atoms with Gasteiger partial charge in [-0.05, 0) is 90.0 Å². The Morgan fingerprint density at radius 3 is 2.40 bits per heavy atom. The zero-order valence-corrected chi connectivity index (χ0v) is 21.3. The predicted octanol–water partition coefficient (Wildman–Crippen LogP) is 6.88. The van der Waals surface area contributed by atoms with Crippen molar-refractivity contribution >= 4 is 5.78 Å². The summed E-state index contributed by atoms with van der Waals surface area (Å²) in [6.45, 7) is 8.37. The molecule has 1 N–H and O–H groups in total. The van der Waals surface area contributed by atoms with Gasteiger partial charge in [-0.2, -0.15) is 8.78 Å². The molecule has 5 rings (SSSR count). The van der Waals surface area contributed by atoms with E-state index < -0.39 is 16.9 Å². The fraction of sp³-hybridized carbons (Fsp3) is 0.581. The summed E-state index contributed by atoms with van der Waals surface area (Å²) < 4.78 is 30.3. The number of allylic oxidation sites excluding steroid dienone is 4. The second-order valence-electron chi connectivity index (χ2n) is 12.5. The molecule has 0 amide bonds. The van der Waals surface area contributed by atoms with E-state index in [-0.39, 0.29) is 35.4 Å². The molecule has 186 valence electrons. The van der Waals surface area contributed by atoms with Crippen molar-refractivity contribution in [2.45, 2.75) is 95.5 Å². The number of carbonyl (C=O) groups is 1. The topological polar surface area (TPSA) is 37.3 Å². The van der Waals surface area contributed by atoms with Gasteiger partial charge in [0.25, 0.3) is 0 Å². The van der Waals surface area contributed by atoms with Gasteiger partial charge in [-0.3, -0.25) is 4.79 Å². The summed E-state index contributed by atoms with van der Waals surface area (Å²) in [5, 5.41) is 11.6. The fourth-order valence-electron chi connectivity index (χ4n) is 7.81. The van der Waals surface area contributed by atoms with Crippen LogP contribution in [0.15, 0.2) is 47.1 Å². The van der Waals surface area contributed by atoms with Crippen LogP contribution in [-0.2, 0) is 10.2 Å². The molecule has 2 saturated carbocycles. The minimum absolute atomic E-state index is 0.0115. The monoisotopic (exact) mass is 478 g/mol. The number of halogens is 2. The van der Waals surface area contributed by atoms with Crippen LogP contribution in [0, 0.1) is 29.6 Å². The molecule has 4 aliphatic carbocycles. The van der Waals surface area contributed by atoms with Crippen LogP contribution < -0.4 is 0 Å². The zero-order valence-electron chi connectivity index (χ0n) is 21.3. The van der Waals surface area contributed by atoms with Gasteiger partial charge in [-0.1, -0.05) is 57.5 Å². The number of alkyl halides is 2. The molecule has 35 heavy (non-hydrogen) atoms. The van der Waals surface area contributed by atoms with Gasteiger partial charge >= 0.3 is 5.92 Å². The Bertz CT molecular complexity index is 1160. The van der Waals surface area contributed by atoms with Crippen molar-refractivity contribution in [1.82, 2.24) is 0 Å². The number of hydrogen-bond acceptors (Lipinski definition) is 2. The first-order valence-corrected chi connectivity index (χ1v) is 13.0. The molecule has 5 atom stereocenters. The van der Waals surface area contributed by atoms with E-state index in [0.29, 0.717) is 19.3 Å². The maximum Gasteiger partial charge on any atom is 0.336 e. The van der Waals surface area contributed by atoms with Crippen LogP contribution in [0.3, 0.4) is 0 Å². The molecule has 0 heterocycles. The molecule has 2 nitrogen and oxygen atoms in total. The van der Waals surface area contributed by atoms with Crippen LogP contribution in [0.1, 0.15) is 89.7 Å². The third-order valence-corrected chi connectivity index (χ3v) is 9.77. The number of fused-ring (bicyclic) bond motifs is 4. The van der Waals surface area contributed by atoms with Crippen LogP contribution in [-0.4, -0.2) is 22.4 Å². The van der Waals surface area contributed by atoms with E-state index in [1.807, 2.05) is 13.0 Å². The minimum Gasteiger partial charge on any atom is -0.382 e. The predicted molar refractivity (Wildman–Crippen MR) is 134 cm³/mol.